The summed E-state index contributed by atoms with van der Waals surface area (Å²) in [6.07, 6.45) is 0.884. The number of benzene rings is 2. The van der Waals surface area contributed by atoms with Gasteiger partial charge in [0.1, 0.15) is 23.8 Å². The Bertz CT molecular complexity index is 1490. The third kappa shape index (κ3) is 5.63. The van der Waals surface area contributed by atoms with Gasteiger partial charge < -0.3 is 20.4 Å². The fourth-order valence-corrected chi connectivity index (χ4v) is 4.14. The van der Waals surface area contributed by atoms with E-state index in [0.29, 0.717) is 46.1 Å². The maximum atomic E-state index is 13.0. The number of hydrogen-bond acceptors (Lipinski definition) is 5. The summed E-state index contributed by atoms with van der Waals surface area (Å²) < 4.78 is 1.58. The van der Waals surface area contributed by atoms with Crippen molar-refractivity contribution in [1.82, 2.24) is 19.5 Å². The Morgan fingerprint density at radius 2 is 1.86 bits per heavy atom. The van der Waals surface area contributed by atoms with Crippen LogP contribution in [0.4, 0.5) is 0 Å². The van der Waals surface area contributed by atoms with Crippen molar-refractivity contribution in [3.8, 4) is 11.3 Å². The Balaban J connectivity index is 0.00000361. The first-order valence-electron chi connectivity index (χ1n) is 11.3. The van der Waals surface area contributed by atoms with Crippen LogP contribution in [0.3, 0.4) is 0 Å². The van der Waals surface area contributed by atoms with Crippen LogP contribution in [0, 0.1) is 11.3 Å². The highest BCUT2D eigenvalue weighted by Crippen LogP contribution is 2.27. The van der Waals surface area contributed by atoms with Crippen LogP contribution in [0.15, 0.2) is 47.3 Å². The molecule has 0 radical (unpaired) electrons. The van der Waals surface area contributed by atoms with Gasteiger partial charge in [0.05, 0.1) is 16.7 Å². The molecular formula is C26H29ClN6O3. The molecular weight excluding hydrogens is 480 g/mol. The predicted molar refractivity (Wildman–Crippen MR) is 142 cm³/mol. The first-order chi connectivity index (χ1) is 16.6. The van der Waals surface area contributed by atoms with E-state index in [4.69, 9.17) is 11.1 Å². The standard InChI is InChI=1S/C26H28N6O3.ClH/c1-14(2)10-19-24(31-22(30-19)13-23(33)34)17-8-9-21-18(12-17)29-20(26(35)32(21)3)11-15-4-6-16(7-5-15)25(27)28;/h4-9,12,14H,10-11,13H2,1-3H3,(H3,27,28)(H,30,31)(H,33,34);1H. The molecule has 0 saturated carbocycles. The van der Waals surface area contributed by atoms with Crippen LogP contribution in [-0.2, 0) is 31.1 Å². The SMILES string of the molecule is CC(C)Cc1[nH]c(CC(=O)O)nc1-c1ccc2c(c1)nc(Cc1ccc(C(=N)N)cc1)c(=O)n2C.Cl. The molecule has 9 nitrogen and oxygen atoms in total. The molecule has 2 heterocycles. The number of imidazole rings is 1. The topological polar surface area (TPSA) is 151 Å². The minimum absolute atomic E-state index is 0. The van der Waals surface area contributed by atoms with Crippen LogP contribution < -0.4 is 11.3 Å². The third-order valence-corrected chi connectivity index (χ3v) is 5.81. The van der Waals surface area contributed by atoms with Gasteiger partial charge in [0.15, 0.2) is 0 Å². The Morgan fingerprint density at radius 1 is 1.17 bits per heavy atom. The number of carboxylic acid groups (broad SMARTS) is 1. The minimum Gasteiger partial charge on any atom is -0.481 e. The summed E-state index contributed by atoms with van der Waals surface area (Å²) in [6.45, 7) is 4.18. The maximum absolute atomic E-state index is 13.0. The van der Waals surface area contributed by atoms with Crippen LogP contribution in [0.5, 0.6) is 0 Å². The number of aromatic nitrogens is 4. The first-order valence-corrected chi connectivity index (χ1v) is 11.3. The van der Waals surface area contributed by atoms with Crippen molar-refractivity contribution in [2.45, 2.75) is 33.1 Å². The van der Waals surface area contributed by atoms with Crippen molar-refractivity contribution in [2.24, 2.45) is 18.7 Å². The average molecular weight is 509 g/mol. The number of nitrogens with two attached hydrogens (primary N) is 1. The molecule has 0 bridgehead atoms. The number of aromatic amines is 1. The molecule has 0 unspecified atom stereocenters. The van der Waals surface area contributed by atoms with Crippen LogP contribution in [0.1, 0.15) is 42.2 Å². The van der Waals surface area contributed by atoms with Gasteiger partial charge in [-0.3, -0.25) is 15.0 Å². The van der Waals surface area contributed by atoms with E-state index in [1.807, 2.05) is 30.3 Å². The monoisotopic (exact) mass is 508 g/mol. The Morgan fingerprint density at radius 3 is 2.47 bits per heavy atom. The van der Waals surface area contributed by atoms with E-state index >= 15 is 0 Å². The molecule has 0 aliphatic carbocycles. The summed E-state index contributed by atoms with van der Waals surface area (Å²) in [6, 6.07) is 12.8. The van der Waals surface area contributed by atoms with Gasteiger partial charge >= 0.3 is 5.97 Å². The number of nitrogens with one attached hydrogen (secondary N) is 2. The molecule has 0 amide bonds. The van der Waals surface area contributed by atoms with E-state index in [1.165, 1.54) is 0 Å². The number of halogens is 1. The van der Waals surface area contributed by atoms with Gasteiger partial charge in [-0.2, -0.15) is 0 Å². The molecule has 4 aromatic rings. The molecule has 0 atom stereocenters. The number of H-pyrrole nitrogens is 1. The summed E-state index contributed by atoms with van der Waals surface area (Å²) in [4.78, 5) is 36.6. The second-order valence-corrected chi connectivity index (χ2v) is 9.09. The van der Waals surface area contributed by atoms with E-state index in [0.717, 1.165) is 23.2 Å². The number of hydrogen-bond donors (Lipinski definition) is 4. The molecule has 5 N–H and O–H groups in total. The number of carboxylic acids is 1. The summed E-state index contributed by atoms with van der Waals surface area (Å²) >= 11 is 0. The van der Waals surface area contributed by atoms with Crippen molar-refractivity contribution in [2.75, 3.05) is 0 Å². The maximum Gasteiger partial charge on any atom is 0.311 e. The average Bonchev–Trinajstić information content (AvgIpc) is 3.17. The molecule has 36 heavy (non-hydrogen) atoms. The van der Waals surface area contributed by atoms with Crippen LogP contribution in [0.2, 0.25) is 0 Å². The molecule has 4 rings (SSSR count). The smallest absolute Gasteiger partial charge is 0.311 e. The number of nitrogens with zero attached hydrogens (tertiary/aromatic N) is 3. The van der Waals surface area contributed by atoms with Crippen molar-refractivity contribution in [3.05, 3.63) is 81.2 Å². The molecule has 0 fully saturated rings. The third-order valence-electron chi connectivity index (χ3n) is 5.81. The summed E-state index contributed by atoms with van der Waals surface area (Å²) in [5, 5.41) is 16.7. The fraction of sp³-hybridized carbons (Fsp3) is 0.269. The lowest BCUT2D eigenvalue weighted by Crippen LogP contribution is -2.23. The zero-order chi connectivity index (χ0) is 25.3. The highest BCUT2D eigenvalue weighted by molar-refractivity contribution is 5.94. The highest BCUT2D eigenvalue weighted by Gasteiger charge is 2.17. The van der Waals surface area contributed by atoms with Gasteiger partial charge in [0, 0.05) is 30.3 Å². The summed E-state index contributed by atoms with van der Waals surface area (Å²) in [7, 11) is 1.72. The van der Waals surface area contributed by atoms with E-state index in [2.05, 4.69) is 28.8 Å². The second-order valence-electron chi connectivity index (χ2n) is 9.09. The number of aliphatic carboxylic acids is 1. The van der Waals surface area contributed by atoms with E-state index in [-0.39, 0.29) is 30.2 Å². The molecule has 0 saturated heterocycles. The molecule has 0 aliphatic rings. The van der Waals surface area contributed by atoms with Crippen molar-refractivity contribution in [1.29, 1.82) is 5.41 Å². The van der Waals surface area contributed by atoms with Gasteiger partial charge in [-0.25, -0.2) is 9.97 Å². The van der Waals surface area contributed by atoms with E-state index in [1.54, 1.807) is 23.7 Å². The largest absolute Gasteiger partial charge is 0.481 e. The molecule has 188 valence electrons. The van der Waals surface area contributed by atoms with Crippen LogP contribution in [0.25, 0.3) is 22.3 Å². The lowest BCUT2D eigenvalue weighted by Gasteiger charge is -2.11. The number of carbonyl (C=O) groups is 1. The van der Waals surface area contributed by atoms with Crippen LogP contribution >= 0.6 is 12.4 Å². The molecule has 2 aromatic carbocycles. The predicted octanol–water partition coefficient (Wildman–Crippen LogP) is 3.45. The van der Waals surface area contributed by atoms with Gasteiger partial charge in [-0.1, -0.05) is 44.2 Å². The molecule has 2 aromatic heterocycles. The summed E-state index contributed by atoms with van der Waals surface area (Å²) in [5.74, 6) is -0.193. The highest BCUT2D eigenvalue weighted by atomic mass is 35.5. The van der Waals surface area contributed by atoms with Gasteiger partial charge in [-0.05, 0) is 30.0 Å². The number of aryl methyl sites for hydroxylation is 1. The van der Waals surface area contributed by atoms with Gasteiger partial charge in [0.25, 0.3) is 5.56 Å². The van der Waals surface area contributed by atoms with E-state index < -0.39 is 5.97 Å². The van der Waals surface area contributed by atoms with E-state index in [9.17, 15) is 14.7 Å². The quantitative estimate of drug-likeness (QED) is 0.211. The number of fused-ring (bicyclic) bond motifs is 1. The summed E-state index contributed by atoms with van der Waals surface area (Å²) in [5.41, 5.74) is 11.0. The lowest BCUT2D eigenvalue weighted by molar-refractivity contribution is -0.136. The number of rotatable bonds is 8. The fourth-order valence-electron chi connectivity index (χ4n) is 4.14. The van der Waals surface area contributed by atoms with Crippen molar-refractivity contribution >= 4 is 35.2 Å². The van der Waals surface area contributed by atoms with Crippen molar-refractivity contribution < 1.29 is 9.90 Å². The zero-order valence-electron chi connectivity index (χ0n) is 20.3. The van der Waals surface area contributed by atoms with Gasteiger partial charge in [0.2, 0.25) is 0 Å². The normalized spacial score (nSPS) is 11.0. The first kappa shape index (κ1) is 26.6. The number of amidine groups is 1. The second kappa shape index (κ2) is 10.7. The minimum atomic E-state index is -0.947. The molecule has 0 spiro atoms. The number of nitrogen functional groups attached to an aromatic ring is 1. The van der Waals surface area contributed by atoms with Crippen LogP contribution in [-0.4, -0.2) is 36.4 Å². The van der Waals surface area contributed by atoms with Crippen molar-refractivity contribution in [3.63, 3.8) is 0 Å². The Labute approximate surface area is 214 Å². The molecule has 10 heteroatoms. The van der Waals surface area contributed by atoms with Gasteiger partial charge in [-0.15, -0.1) is 12.4 Å². The molecule has 0 aliphatic heterocycles. The Kier molecular flexibility index (Phi) is 7.94. The lowest BCUT2D eigenvalue weighted by atomic mass is 10.0. The zero-order valence-corrected chi connectivity index (χ0v) is 21.1. The Hall–Kier alpha value is -3.98.